The minimum atomic E-state index is 0.0223. The van der Waals surface area contributed by atoms with Gasteiger partial charge in [0.05, 0.1) is 5.56 Å². The maximum absolute atomic E-state index is 12.3. The first-order chi connectivity index (χ1) is 9.83. The van der Waals surface area contributed by atoms with Gasteiger partial charge in [0, 0.05) is 37.4 Å². The maximum atomic E-state index is 12.3. The summed E-state index contributed by atoms with van der Waals surface area (Å²) in [6.07, 6.45) is 8.34. The molecule has 1 aliphatic rings. The summed E-state index contributed by atoms with van der Waals surface area (Å²) in [6, 6.07) is 5.96. The molecule has 0 bridgehead atoms. The van der Waals surface area contributed by atoms with E-state index in [0.29, 0.717) is 11.5 Å². The van der Waals surface area contributed by atoms with Crippen LogP contribution in [0.5, 0.6) is 0 Å². The predicted molar refractivity (Wildman–Crippen MR) is 74.0 cm³/mol. The van der Waals surface area contributed by atoms with Crippen LogP contribution in [-0.4, -0.2) is 38.8 Å². The SMILES string of the molecule is O=C(c1cncnc1)N1CCC(Cc2ccccn2)C1. The molecule has 1 atom stereocenters. The molecule has 3 heterocycles. The Kier molecular flexibility index (Phi) is 3.67. The minimum absolute atomic E-state index is 0.0223. The normalized spacial score (nSPS) is 18.2. The van der Waals surface area contributed by atoms with Crippen molar-refractivity contribution in [3.05, 3.63) is 54.4 Å². The van der Waals surface area contributed by atoms with Crippen molar-refractivity contribution in [2.24, 2.45) is 5.92 Å². The van der Waals surface area contributed by atoms with Gasteiger partial charge in [-0.2, -0.15) is 0 Å². The molecule has 20 heavy (non-hydrogen) atoms. The molecular formula is C15H16N4O. The zero-order valence-electron chi connectivity index (χ0n) is 11.1. The Morgan fingerprint density at radius 3 is 2.90 bits per heavy atom. The number of carbonyl (C=O) groups is 1. The van der Waals surface area contributed by atoms with Crippen molar-refractivity contribution >= 4 is 5.91 Å². The second-order valence-electron chi connectivity index (χ2n) is 5.06. The highest BCUT2D eigenvalue weighted by Crippen LogP contribution is 2.21. The van der Waals surface area contributed by atoms with E-state index < -0.39 is 0 Å². The Morgan fingerprint density at radius 1 is 1.30 bits per heavy atom. The summed E-state index contributed by atoms with van der Waals surface area (Å²) in [5.74, 6) is 0.507. The highest BCUT2D eigenvalue weighted by molar-refractivity contribution is 5.93. The van der Waals surface area contributed by atoms with Crippen LogP contribution in [0.4, 0.5) is 0 Å². The van der Waals surface area contributed by atoms with Crippen LogP contribution in [0.3, 0.4) is 0 Å². The van der Waals surface area contributed by atoms with Crippen LogP contribution in [0.15, 0.2) is 43.1 Å². The van der Waals surface area contributed by atoms with Crippen molar-refractivity contribution in [3.8, 4) is 0 Å². The van der Waals surface area contributed by atoms with Crippen molar-refractivity contribution in [2.45, 2.75) is 12.8 Å². The second-order valence-corrected chi connectivity index (χ2v) is 5.06. The molecule has 0 saturated carbocycles. The largest absolute Gasteiger partial charge is 0.338 e. The summed E-state index contributed by atoms with van der Waals surface area (Å²) in [5, 5.41) is 0. The van der Waals surface area contributed by atoms with Crippen LogP contribution < -0.4 is 0 Å². The van der Waals surface area contributed by atoms with Crippen LogP contribution in [0.25, 0.3) is 0 Å². The Morgan fingerprint density at radius 2 is 2.15 bits per heavy atom. The molecule has 1 saturated heterocycles. The highest BCUT2D eigenvalue weighted by Gasteiger charge is 2.27. The fourth-order valence-corrected chi connectivity index (χ4v) is 2.59. The molecule has 1 unspecified atom stereocenters. The standard InChI is InChI=1S/C15H16N4O/c20-15(13-8-16-11-17-9-13)19-6-4-12(10-19)7-14-3-1-2-5-18-14/h1-3,5,8-9,11-12H,4,6-7,10H2. The molecule has 2 aromatic heterocycles. The van der Waals surface area contributed by atoms with Crippen molar-refractivity contribution in [2.75, 3.05) is 13.1 Å². The lowest BCUT2D eigenvalue weighted by Gasteiger charge is -2.16. The fourth-order valence-electron chi connectivity index (χ4n) is 2.59. The van der Waals surface area contributed by atoms with E-state index >= 15 is 0 Å². The summed E-state index contributed by atoms with van der Waals surface area (Å²) < 4.78 is 0. The number of hydrogen-bond acceptors (Lipinski definition) is 4. The molecule has 0 radical (unpaired) electrons. The number of rotatable bonds is 3. The quantitative estimate of drug-likeness (QED) is 0.848. The van der Waals surface area contributed by atoms with Gasteiger partial charge in [-0.25, -0.2) is 9.97 Å². The number of amides is 1. The number of nitrogens with zero attached hydrogens (tertiary/aromatic N) is 4. The molecule has 5 heteroatoms. The summed E-state index contributed by atoms with van der Waals surface area (Å²) >= 11 is 0. The topological polar surface area (TPSA) is 59.0 Å². The van der Waals surface area contributed by atoms with Gasteiger partial charge in [0.1, 0.15) is 6.33 Å². The van der Waals surface area contributed by atoms with Crippen LogP contribution in [0.1, 0.15) is 22.5 Å². The maximum Gasteiger partial charge on any atom is 0.256 e. The lowest BCUT2D eigenvalue weighted by atomic mass is 10.0. The molecular weight excluding hydrogens is 252 g/mol. The highest BCUT2D eigenvalue weighted by atomic mass is 16.2. The first-order valence-corrected chi connectivity index (χ1v) is 6.77. The van der Waals surface area contributed by atoms with Crippen LogP contribution in [0, 0.1) is 5.92 Å². The van der Waals surface area contributed by atoms with E-state index in [2.05, 4.69) is 15.0 Å². The number of hydrogen-bond donors (Lipinski definition) is 0. The van der Waals surface area contributed by atoms with Crippen LogP contribution in [0.2, 0.25) is 0 Å². The van der Waals surface area contributed by atoms with Gasteiger partial charge in [-0.3, -0.25) is 9.78 Å². The number of aromatic nitrogens is 3. The Labute approximate surface area is 117 Å². The minimum Gasteiger partial charge on any atom is -0.338 e. The predicted octanol–water partition coefficient (Wildman–Crippen LogP) is 1.58. The van der Waals surface area contributed by atoms with E-state index in [1.807, 2.05) is 29.3 Å². The number of carbonyl (C=O) groups excluding carboxylic acids is 1. The third-order valence-corrected chi connectivity index (χ3v) is 3.60. The molecule has 0 N–H and O–H groups in total. The van der Waals surface area contributed by atoms with Gasteiger partial charge in [-0.15, -0.1) is 0 Å². The lowest BCUT2D eigenvalue weighted by molar-refractivity contribution is 0.0786. The van der Waals surface area contributed by atoms with Crippen molar-refractivity contribution in [1.82, 2.24) is 19.9 Å². The summed E-state index contributed by atoms with van der Waals surface area (Å²) in [7, 11) is 0. The van der Waals surface area contributed by atoms with E-state index in [0.717, 1.165) is 31.6 Å². The molecule has 1 fully saturated rings. The fraction of sp³-hybridized carbons (Fsp3) is 0.333. The van der Waals surface area contributed by atoms with Gasteiger partial charge in [0.2, 0.25) is 0 Å². The molecule has 3 rings (SSSR count). The molecule has 102 valence electrons. The van der Waals surface area contributed by atoms with Gasteiger partial charge >= 0.3 is 0 Å². The van der Waals surface area contributed by atoms with Crippen molar-refractivity contribution in [1.29, 1.82) is 0 Å². The molecule has 0 aliphatic carbocycles. The van der Waals surface area contributed by atoms with Gasteiger partial charge in [0.15, 0.2) is 0 Å². The van der Waals surface area contributed by atoms with E-state index in [1.54, 1.807) is 12.4 Å². The zero-order chi connectivity index (χ0) is 13.8. The van der Waals surface area contributed by atoms with Crippen LogP contribution >= 0.6 is 0 Å². The zero-order valence-corrected chi connectivity index (χ0v) is 11.1. The average Bonchev–Trinajstić information content (AvgIpc) is 2.97. The molecule has 5 nitrogen and oxygen atoms in total. The Hall–Kier alpha value is -2.30. The lowest BCUT2D eigenvalue weighted by Crippen LogP contribution is -2.29. The van der Waals surface area contributed by atoms with Gasteiger partial charge in [-0.05, 0) is 30.9 Å². The first-order valence-electron chi connectivity index (χ1n) is 6.77. The van der Waals surface area contributed by atoms with Gasteiger partial charge in [0.25, 0.3) is 5.91 Å². The Bertz CT molecular complexity index is 573. The third-order valence-electron chi connectivity index (χ3n) is 3.60. The molecule has 0 aromatic carbocycles. The molecule has 1 aliphatic heterocycles. The second kappa shape index (κ2) is 5.77. The average molecular weight is 268 g/mol. The molecule has 2 aromatic rings. The monoisotopic (exact) mass is 268 g/mol. The van der Waals surface area contributed by atoms with Crippen LogP contribution in [-0.2, 0) is 6.42 Å². The van der Waals surface area contributed by atoms with E-state index in [9.17, 15) is 4.79 Å². The van der Waals surface area contributed by atoms with Gasteiger partial charge in [-0.1, -0.05) is 6.07 Å². The van der Waals surface area contributed by atoms with Crippen molar-refractivity contribution in [3.63, 3.8) is 0 Å². The molecule has 0 spiro atoms. The Balaban J connectivity index is 1.61. The number of likely N-dealkylation sites (tertiary alicyclic amines) is 1. The van der Waals surface area contributed by atoms with Crippen molar-refractivity contribution < 1.29 is 4.79 Å². The first kappa shape index (κ1) is 12.7. The summed E-state index contributed by atoms with van der Waals surface area (Å²) in [5.41, 5.74) is 1.65. The smallest absolute Gasteiger partial charge is 0.256 e. The van der Waals surface area contributed by atoms with E-state index in [-0.39, 0.29) is 5.91 Å². The summed E-state index contributed by atoms with van der Waals surface area (Å²) in [4.78, 5) is 26.3. The van der Waals surface area contributed by atoms with E-state index in [4.69, 9.17) is 0 Å². The third kappa shape index (κ3) is 2.82. The molecule has 1 amide bonds. The van der Waals surface area contributed by atoms with Gasteiger partial charge < -0.3 is 4.90 Å². The van der Waals surface area contributed by atoms with E-state index in [1.165, 1.54) is 6.33 Å². The summed E-state index contributed by atoms with van der Waals surface area (Å²) in [6.45, 7) is 1.58. The number of pyridine rings is 1.